The number of carbonyl (C=O) groups excluding carboxylic acids is 6. The van der Waals surface area contributed by atoms with E-state index >= 15 is 0 Å². The van der Waals surface area contributed by atoms with E-state index in [4.69, 9.17) is 0 Å². The molecule has 2 aliphatic heterocycles. The molecule has 6 N–H and O–H groups in total. The fourth-order valence-electron chi connectivity index (χ4n) is 10.7. The van der Waals surface area contributed by atoms with E-state index in [2.05, 4.69) is 10.6 Å². The second kappa shape index (κ2) is 28.7. The first-order valence-electron chi connectivity index (χ1n) is 26.8. The summed E-state index contributed by atoms with van der Waals surface area (Å²) >= 11 is 0. The largest absolute Gasteiger partial charge is 2.00 e. The summed E-state index contributed by atoms with van der Waals surface area (Å²) in [7, 11) is 0. The number of hydrogen-bond acceptors (Lipinski definition) is 12. The van der Waals surface area contributed by atoms with Gasteiger partial charge in [0.25, 0.3) is 0 Å². The molecular weight excluding hydrogens is 1090 g/mol. The summed E-state index contributed by atoms with van der Waals surface area (Å²) in [5.74, 6) is -7.62. The first-order valence-corrected chi connectivity index (χ1v) is 26.8. The molecule has 0 saturated heterocycles. The Morgan fingerprint density at radius 1 is 0.470 bits per heavy atom. The molecule has 6 atom stereocenters. The molecule has 6 aromatic rings. The monoisotopic (exact) mass is 1160 g/mol. The number of carbonyl (C=O) groups is 6. The topological polar surface area (TPSA) is 260 Å². The molecule has 2 heterocycles. The number of amides is 4. The molecule has 2 aliphatic rings. The summed E-state index contributed by atoms with van der Waals surface area (Å²) in [6.07, 6.45) is -7.50. The zero-order valence-corrected chi connectivity index (χ0v) is 48.5. The van der Waals surface area contributed by atoms with E-state index < -0.39 is 107 Å². The minimum atomic E-state index is -1.88. The molecule has 4 amide bonds. The number of para-hydroxylation sites is 2. The van der Waals surface area contributed by atoms with E-state index in [1.807, 2.05) is 12.1 Å². The number of benzene rings is 6. The summed E-state index contributed by atoms with van der Waals surface area (Å²) < 4.78 is 28.0. The van der Waals surface area contributed by atoms with Gasteiger partial charge in [-0.2, -0.15) is 0 Å². The Labute approximate surface area is 509 Å². The fraction of sp³-hybridized carbons (Fsp3) is 0.281. The fourth-order valence-corrected chi connectivity index (χ4v) is 10.7. The van der Waals surface area contributed by atoms with Crippen molar-refractivity contribution in [2.24, 2.45) is 22.7 Å². The number of anilines is 2. The van der Waals surface area contributed by atoms with Crippen molar-refractivity contribution in [3.05, 3.63) is 204 Å². The Morgan fingerprint density at radius 2 is 0.759 bits per heavy atom. The van der Waals surface area contributed by atoms with Gasteiger partial charge in [0.2, 0.25) is 23.6 Å². The molecular formula is C64H64CaF2N4O12. The zero-order chi connectivity index (χ0) is 59.5. The molecule has 19 heteroatoms. The molecule has 0 bridgehead atoms. The van der Waals surface area contributed by atoms with Gasteiger partial charge in [0.05, 0.1) is 47.7 Å². The molecule has 0 spiro atoms. The van der Waals surface area contributed by atoms with Crippen LogP contribution in [0.2, 0.25) is 0 Å². The minimum absolute atomic E-state index is 0. The van der Waals surface area contributed by atoms with Crippen LogP contribution in [0.15, 0.2) is 170 Å². The minimum Gasteiger partial charge on any atom is -0.547 e. The first kappa shape index (κ1) is 64.7. The van der Waals surface area contributed by atoms with Crippen LogP contribution in [0.5, 0.6) is 0 Å². The molecule has 6 unspecified atom stereocenters. The third-order valence-corrected chi connectivity index (χ3v) is 14.7. The SMILES string of the molecule is CC(C)C1(C(=O)Nc2ccccc2)C(=O)N(CCC(O)CC(O)C(=O)[O-])C(c2ccc(F)cc2)=C1c1ccccc1.CC(C)C1(C(=O)Nc2ccccc2)C(=O)N(CCC(O)CC(O)C(=O)[O-])C(c2ccc(F)cc2)=C1c1ccccc1.[Ca+2]. The van der Waals surface area contributed by atoms with Gasteiger partial charge >= 0.3 is 37.7 Å². The molecule has 0 aliphatic carbocycles. The molecule has 428 valence electrons. The number of aliphatic hydroxyl groups excluding tert-OH is 4. The second-order valence-electron chi connectivity index (χ2n) is 20.7. The Kier molecular flexibility index (Phi) is 22.4. The van der Waals surface area contributed by atoms with E-state index in [-0.39, 0.29) is 63.7 Å². The average molecular weight is 1160 g/mol. The van der Waals surface area contributed by atoms with Crippen LogP contribution in [-0.2, 0) is 28.8 Å². The number of aliphatic carboxylic acids is 2. The third-order valence-electron chi connectivity index (χ3n) is 14.7. The van der Waals surface area contributed by atoms with Gasteiger partial charge in [-0.3, -0.25) is 19.2 Å². The second-order valence-corrected chi connectivity index (χ2v) is 20.7. The summed E-state index contributed by atoms with van der Waals surface area (Å²) in [6, 6.07) is 46.7. The van der Waals surface area contributed by atoms with Crippen molar-refractivity contribution in [1.29, 1.82) is 0 Å². The van der Waals surface area contributed by atoms with Crippen LogP contribution in [0.3, 0.4) is 0 Å². The number of rotatable bonds is 22. The van der Waals surface area contributed by atoms with E-state index in [0.717, 1.165) is 0 Å². The molecule has 0 saturated carbocycles. The Hall–Kier alpha value is -7.42. The molecule has 83 heavy (non-hydrogen) atoms. The Balaban J connectivity index is 0.000000263. The number of nitrogens with one attached hydrogen (secondary N) is 2. The standard InChI is InChI=1S/2C32H33FN2O6.Ca/c2*1-20(2)32(30(40)34-24-11-7-4-8-12-24)27(21-9-5-3-6-10-21)28(22-13-15-23(33)16-14-22)35(31(32)41)18-17-25(36)19-26(37)29(38)39;/h2*3-16,20,25-26,36-37H,17-19H2,1-2H3,(H,34,40)(H,38,39);/q;;+2/p-2. The van der Waals surface area contributed by atoms with Crippen LogP contribution >= 0.6 is 0 Å². The summed E-state index contributed by atoms with van der Waals surface area (Å²) in [5, 5.41) is 68.1. The predicted molar refractivity (Wildman–Crippen MR) is 306 cm³/mol. The van der Waals surface area contributed by atoms with Gasteiger partial charge in [-0.1, -0.05) is 125 Å². The number of nitrogens with zero attached hydrogens (tertiary/aromatic N) is 2. The molecule has 8 rings (SSSR count). The van der Waals surface area contributed by atoms with Gasteiger partial charge in [0.15, 0.2) is 10.8 Å². The number of hydrogen-bond donors (Lipinski definition) is 6. The van der Waals surface area contributed by atoms with Crippen molar-refractivity contribution in [2.75, 3.05) is 23.7 Å². The van der Waals surface area contributed by atoms with Gasteiger partial charge in [0, 0.05) is 48.5 Å². The van der Waals surface area contributed by atoms with Crippen LogP contribution in [0.4, 0.5) is 20.2 Å². The van der Waals surface area contributed by atoms with E-state index in [0.29, 0.717) is 56.2 Å². The number of aliphatic hydroxyl groups is 4. The normalized spacial score (nSPS) is 18.3. The Bertz CT molecular complexity index is 3080. The molecule has 0 radical (unpaired) electrons. The van der Waals surface area contributed by atoms with Crippen molar-refractivity contribution in [3.63, 3.8) is 0 Å². The van der Waals surface area contributed by atoms with Gasteiger partial charge in [0.1, 0.15) is 11.6 Å². The van der Waals surface area contributed by atoms with Gasteiger partial charge < -0.3 is 60.7 Å². The van der Waals surface area contributed by atoms with Crippen LogP contribution in [0.1, 0.15) is 75.6 Å². The van der Waals surface area contributed by atoms with Gasteiger partial charge in [-0.15, -0.1) is 0 Å². The summed E-state index contributed by atoms with van der Waals surface area (Å²) in [6.45, 7) is 6.92. The van der Waals surface area contributed by atoms with E-state index in [9.17, 15) is 68.2 Å². The number of carboxylic acid groups (broad SMARTS) is 2. The average Bonchev–Trinajstić information content (AvgIpc) is 2.36. The van der Waals surface area contributed by atoms with Crippen molar-refractivity contribution in [3.8, 4) is 0 Å². The smallest absolute Gasteiger partial charge is 0.547 e. The molecule has 16 nitrogen and oxygen atoms in total. The quantitative estimate of drug-likeness (QED) is 0.0351. The van der Waals surface area contributed by atoms with Crippen LogP contribution in [0.25, 0.3) is 22.5 Å². The molecule has 6 aromatic carbocycles. The van der Waals surface area contributed by atoms with Crippen LogP contribution < -0.4 is 20.8 Å². The van der Waals surface area contributed by atoms with E-state index in [1.54, 1.807) is 137 Å². The third kappa shape index (κ3) is 14.2. The van der Waals surface area contributed by atoms with Crippen molar-refractivity contribution in [2.45, 2.75) is 77.8 Å². The molecule has 0 fully saturated rings. The zero-order valence-electron chi connectivity index (χ0n) is 46.3. The summed E-state index contributed by atoms with van der Waals surface area (Å²) in [4.78, 5) is 82.5. The van der Waals surface area contributed by atoms with Crippen molar-refractivity contribution in [1.82, 2.24) is 9.80 Å². The predicted octanol–water partition coefficient (Wildman–Crippen LogP) is 5.76. The van der Waals surface area contributed by atoms with Crippen molar-refractivity contribution >= 4 is 107 Å². The van der Waals surface area contributed by atoms with Gasteiger partial charge in [-0.05, 0) is 120 Å². The number of carboxylic acids is 2. The maximum Gasteiger partial charge on any atom is 2.00 e. The van der Waals surface area contributed by atoms with Crippen molar-refractivity contribution < 1.29 is 68.2 Å². The van der Waals surface area contributed by atoms with Gasteiger partial charge in [-0.25, -0.2) is 8.78 Å². The Morgan fingerprint density at radius 3 is 1.04 bits per heavy atom. The summed E-state index contributed by atoms with van der Waals surface area (Å²) in [5.41, 5.74) is 1.42. The van der Waals surface area contributed by atoms with Crippen LogP contribution in [0, 0.1) is 34.3 Å². The first-order chi connectivity index (χ1) is 39.1. The maximum absolute atomic E-state index is 14.6. The van der Waals surface area contributed by atoms with E-state index in [1.165, 1.54) is 58.3 Å². The number of halogens is 2. The maximum atomic E-state index is 14.6. The van der Waals surface area contributed by atoms with Crippen LogP contribution in [-0.4, -0.2) is 141 Å². The molecule has 0 aromatic heterocycles.